The second-order valence-electron chi connectivity index (χ2n) is 6.85. The van der Waals surface area contributed by atoms with E-state index in [2.05, 4.69) is 0 Å². The molecule has 0 unspecified atom stereocenters. The van der Waals surface area contributed by atoms with E-state index < -0.39 is 0 Å². The molecule has 1 aliphatic heterocycles. The van der Waals surface area contributed by atoms with E-state index in [1.807, 2.05) is 24.3 Å². The summed E-state index contributed by atoms with van der Waals surface area (Å²) < 4.78 is 11.2. The van der Waals surface area contributed by atoms with Crippen LogP contribution in [-0.2, 0) is 9.59 Å². The molecule has 1 heterocycles. The summed E-state index contributed by atoms with van der Waals surface area (Å²) in [4.78, 5) is 26.9. The van der Waals surface area contributed by atoms with Crippen LogP contribution in [0.3, 0.4) is 0 Å². The zero-order valence-electron chi connectivity index (χ0n) is 15.3. The van der Waals surface area contributed by atoms with E-state index in [0.717, 1.165) is 31.4 Å². The largest absolute Gasteiger partial charge is 0.493 e. The van der Waals surface area contributed by atoms with Crippen LogP contribution in [0.2, 0.25) is 0 Å². The van der Waals surface area contributed by atoms with Crippen molar-refractivity contribution in [1.82, 2.24) is 4.90 Å². The lowest BCUT2D eigenvalue weighted by molar-refractivity contribution is -0.137. The first-order valence-electron chi connectivity index (χ1n) is 9.38. The van der Waals surface area contributed by atoms with Crippen molar-refractivity contribution in [2.45, 2.75) is 43.9 Å². The number of ketones is 1. The van der Waals surface area contributed by atoms with Crippen LogP contribution in [0.1, 0.15) is 38.5 Å². The van der Waals surface area contributed by atoms with E-state index in [0.29, 0.717) is 24.7 Å². The van der Waals surface area contributed by atoms with Crippen molar-refractivity contribution >= 4 is 23.5 Å². The fraction of sp³-hybridized carbons (Fsp3) is 0.600. The van der Waals surface area contributed by atoms with Crippen LogP contribution >= 0.6 is 11.8 Å². The van der Waals surface area contributed by atoms with Crippen molar-refractivity contribution < 1.29 is 19.1 Å². The Bertz CT molecular complexity index is 630. The molecule has 1 saturated heterocycles. The Morgan fingerprint density at radius 2 is 1.88 bits per heavy atom. The number of benzene rings is 1. The molecule has 1 aromatic carbocycles. The molecule has 1 aromatic rings. The molecule has 142 valence electrons. The third-order valence-corrected chi connectivity index (χ3v) is 6.34. The lowest BCUT2D eigenvalue weighted by Crippen LogP contribution is -2.39. The highest BCUT2D eigenvalue weighted by atomic mass is 32.2. The standard InChI is InChI=1S/C20H27NO4S/c1-24-17-9-5-6-10-18(17)25-14-20-21(11-12-26-20)19(23)13-16(22)15-7-3-2-4-8-15/h5-6,9-10,15,20H,2-4,7-8,11-14H2,1H3/t20-/m1/s1. The smallest absolute Gasteiger partial charge is 0.231 e. The van der Waals surface area contributed by atoms with Crippen LogP contribution in [0.5, 0.6) is 11.5 Å². The summed E-state index contributed by atoms with van der Waals surface area (Å²) in [6, 6.07) is 7.49. The van der Waals surface area contributed by atoms with Crippen LogP contribution in [0.15, 0.2) is 24.3 Å². The first-order chi connectivity index (χ1) is 12.7. The van der Waals surface area contributed by atoms with Crippen LogP contribution in [0.25, 0.3) is 0 Å². The van der Waals surface area contributed by atoms with Crippen LogP contribution in [0, 0.1) is 5.92 Å². The first kappa shape index (κ1) is 19.1. The monoisotopic (exact) mass is 377 g/mol. The fourth-order valence-electron chi connectivity index (χ4n) is 3.66. The Morgan fingerprint density at radius 1 is 1.15 bits per heavy atom. The minimum absolute atomic E-state index is 0.0381. The van der Waals surface area contributed by atoms with Crippen molar-refractivity contribution in [3.05, 3.63) is 24.3 Å². The number of methoxy groups -OCH3 is 1. The van der Waals surface area contributed by atoms with Gasteiger partial charge in [-0.2, -0.15) is 0 Å². The maximum absolute atomic E-state index is 12.7. The van der Waals surface area contributed by atoms with Gasteiger partial charge in [0.05, 0.1) is 13.5 Å². The topological polar surface area (TPSA) is 55.8 Å². The molecule has 5 nitrogen and oxygen atoms in total. The summed E-state index contributed by atoms with van der Waals surface area (Å²) in [6.45, 7) is 1.08. The molecule has 2 aliphatic rings. The molecular formula is C20H27NO4S. The number of ether oxygens (including phenoxy) is 2. The van der Waals surface area contributed by atoms with Crippen LogP contribution < -0.4 is 9.47 Å². The van der Waals surface area contributed by atoms with Crippen molar-refractivity contribution in [1.29, 1.82) is 0 Å². The third kappa shape index (κ3) is 4.72. The van der Waals surface area contributed by atoms with Crippen LogP contribution in [0.4, 0.5) is 0 Å². The number of para-hydroxylation sites is 2. The molecule has 0 N–H and O–H groups in total. The summed E-state index contributed by atoms with van der Waals surface area (Å²) in [6.07, 6.45) is 5.36. The lowest BCUT2D eigenvalue weighted by Gasteiger charge is -2.25. The summed E-state index contributed by atoms with van der Waals surface area (Å²) in [7, 11) is 1.61. The molecule has 1 amide bonds. The number of hydrogen-bond donors (Lipinski definition) is 0. The predicted octanol–water partition coefficient (Wildman–Crippen LogP) is 3.52. The lowest BCUT2D eigenvalue weighted by atomic mass is 9.85. The fourth-order valence-corrected chi connectivity index (χ4v) is 4.80. The highest BCUT2D eigenvalue weighted by molar-refractivity contribution is 8.00. The SMILES string of the molecule is COc1ccccc1OC[C@H]1SCCN1C(=O)CC(=O)C1CCCCC1. The minimum Gasteiger partial charge on any atom is -0.493 e. The second-order valence-corrected chi connectivity index (χ2v) is 8.14. The molecule has 3 rings (SSSR count). The highest BCUT2D eigenvalue weighted by Gasteiger charge is 2.32. The number of thioether (sulfide) groups is 1. The van der Waals surface area contributed by atoms with Crippen molar-refractivity contribution in [3.63, 3.8) is 0 Å². The van der Waals surface area contributed by atoms with Crippen LogP contribution in [-0.4, -0.2) is 48.0 Å². The van der Waals surface area contributed by atoms with Gasteiger partial charge in [-0.25, -0.2) is 0 Å². The second kappa shape index (κ2) is 9.31. The summed E-state index contributed by atoms with van der Waals surface area (Å²) in [5, 5.41) is -0.0495. The number of carbonyl (C=O) groups excluding carboxylic acids is 2. The number of nitrogens with zero attached hydrogens (tertiary/aromatic N) is 1. The zero-order valence-corrected chi connectivity index (χ0v) is 16.1. The maximum atomic E-state index is 12.7. The van der Waals surface area contributed by atoms with Crippen molar-refractivity contribution in [2.24, 2.45) is 5.92 Å². The Balaban J connectivity index is 1.53. The van der Waals surface area contributed by atoms with Gasteiger partial charge in [0.15, 0.2) is 11.5 Å². The number of rotatable bonds is 7. The van der Waals surface area contributed by atoms with Gasteiger partial charge in [-0.1, -0.05) is 31.4 Å². The maximum Gasteiger partial charge on any atom is 0.231 e. The van der Waals surface area contributed by atoms with E-state index in [1.165, 1.54) is 6.42 Å². The predicted molar refractivity (Wildman–Crippen MR) is 103 cm³/mol. The van der Waals surface area contributed by atoms with Gasteiger partial charge in [-0.05, 0) is 25.0 Å². The third-order valence-electron chi connectivity index (χ3n) is 5.15. The number of Topliss-reactive ketones (excluding diaryl/α,β-unsaturated/α-hetero) is 1. The summed E-state index contributed by atoms with van der Waals surface area (Å²) >= 11 is 1.70. The van der Waals surface area contributed by atoms with Gasteiger partial charge in [0.2, 0.25) is 5.91 Å². The Morgan fingerprint density at radius 3 is 2.62 bits per heavy atom. The Kier molecular flexibility index (Phi) is 6.83. The van der Waals surface area contributed by atoms with Gasteiger partial charge in [-0.3, -0.25) is 9.59 Å². The van der Waals surface area contributed by atoms with E-state index in [4.69, 9.17) is 9.47 Å². The van der Waals surface area contributed by atoms with E-state index >= 15 is 0 Å². The summed E-state index contributed by atoms with van der Waals surface area (Å²) in [5.41, 5.74) is 0. The van der Waals surface area contributed by atoms with E-state index in [1.54, 1.807) is 23.8 Å². The minimum atomic E-state index is -0.0563. The molecule has 1 aliphatic carbocycles. The van der Waals surface area contributed by atoms with E-state index in [9.17, 15) is 9.59 Å². The average molecular weight is 378 g/mol. The van der Waals surface area contributed by atoms with Gasteiger partial charge in [0, 0.05) is 18.2 Å². The molecular weight excluding hydrogens is 350 g/mol. The summed E-state index contributed by atoms with van der Waals surface area (Å²) in [5.74, 6) is 2.39. The first-order valence-corrected chi connectivity index (χ1v) is 10.4. The number of carbonyl (C=O) groups is 2. The molecule has 0 radical (unpaired) electrons. The van der Waals surface area contributed by atoms with Crippen molar-refractivity contribution in [3.8, 4) is 11.5 Å². The quantitative estimate of drug-likeness (QED) is 0.681. The number of amides is 1. The van der Waals surface area contributed by atoms with Gasteiger partial charge < -0.3 is 14.4 Å². The molecule has 0 aromatic heterocycles. The molecule has 1 atom stereocenters. The molecule has 0 spiro atoms. The molecule has 1 saturated carbocycles. The Labute approximate surface area is 159 Å². The Hall–Kier alpha value is -1.69. The average Bonchev–Trinajstić information content (AvgIpc) is 3.16. The van der Waals surface area contributed by atoms with Gasteiger partial charge >= 0.3 is 0 Å². The van der Waals surface area contributed by atoms with Gasteiger partial charge in [-0.15, -0.1) is 11.8 Å². The molecule has 0 bridgehead atoms. The molecule has 26 heavy (non-hydrogen) atoms. The molecule has 6 heteroatoms. The van der Waals surface area contributed by atoms with E-state index in [-0.39, 0.29) is 29.4 Å². The zero-order chi connectivity index (χ0) is 18.4. The van der Waals surface area contributed by atoms with Gasteiger partial charge in [0.25, 0.3) is 0 Å². The molecule has 2 fully saturated rings. The van der Waals surface area contributed by atoms with Crippen molar-refractivity contribution in [2.75, 3.05) is 26.0 Å². The number of hydrogen-bond acceptors (Lipinski definition) is 5. The highest BCUT2D eigenvalue weighted by Crippen LogP contribution is 2.30. The normalized spacial score (nSPS) is 20.8. The van der Waals surface area contributed by atoms with Gasteiger partial charge in [0.1, 0.15) is 17.8 Å².